The molecule has 1 aromatic rings. The van der Waals surface area contributed by atoms with E-state index in [0.29, 0.717) is 0 Å². The first-order chi connectivity index (χ1) is 9.07. The number of nitrogens with two attached hydrogens (primary N) is 1. The molecular weight excluding hydrogens is 238 g/mol. The van der Waals surface area contributed by atoms with Crippen molar-refractivity contribution in [1.29, 1.82) is 0 Å². The number of ether oxygens (including phenoxy) is 2. The molecule has 1 aromatic carbocycles. The van der Waals surface area contributed by atoms with E-state index in [1.54, 1.807) is 14.2 Å². The van der Waals surface area contributed by atoms with Crippen molar-refractivity contribution in [3.63, 3.8) is 0 Å². The van der Waals surface area contributed by atoms with E-state index in [1.165, 1.54) is 19.3 Å². The maximum atomic E-state index is 6.68. The van der Waals surface area contributed by atoms with Crippen LogP contribution in [0.3, 0.4) is 0 Å². The summed E-state index contributed by atoms with van der Waals surface area (Å²) >= 11 is 0. The minimum absolute atomic E-state index is 0.243. The Kier molecular flexibility index (Phi) is 4.35. The Hall–Kier alpha value is -1.22. The summed E-state index contributed by atoms with van der Waals surface area (Å²) in [6.45, 7) is 2.32. The van der Waals surface area contributed by atoms with E-state index in [9.17, 15) is 0 Å². The summed E-state index contributed by atoms with van der Waals surface area (Å²) in [5.41, 5.74) is 7.57. The first-order valence-electron chi connectivity index (χ1n) is 7.10. The normalized spacial score (nSPS) is 27.7. The molecule has 1 aliphatic rings. The maximum absolute atomic E-state index is 6.68. The van der Waals surface area contributed by atoms with Gasteiger partial charge in [-0.05, 0) is 42.9 Å². The lowest BCUT2D eigenvalue weighted by Crippen LogP contribution is -2.36. The van der Waals surface area contributed by atoms with Gasteiger partial charge in [0.1, 0.15) is 11.5 Å². The Bertz CT molecular complexity index is 411. The summed E-state index contributed by atoms with van der Waals surface area (Å²) in [6.07, 6.45) is 5.73. The van der Waals surface area contributed by atoms with Gasteiger partial charge >= 0.3 is 0 Å². The van der Waals surface area contributed by atoms with Crippen LogP contribution in [0.2, 0.25) is 0 Å². The zero-order chi connectivity index (χ0) is 13.9. The first kappa shape index (κ1) is 14.2. The van der Waals surface area contributed by atoms with Crippen LogP contribution in [0, 0.1) is 5.92 Å². The molecule has 0 heterocycles. The van der Waals surface area contributed by atoms with E-state index >= 15 is 0 Å². The molecule has 0 aliphatic heterocycles. The van der Waals surface area contributed by atoms with Crippen LogP contribution in [0.15, 0.2) is 18.2 Å². The van der Waals surface area contributed by atoms with Crippen molar-refractivity contribution in [3.05, 3.63) is 23.8 Å². The molecule has 3 heteroatoms. The molecule has 0 radical (unpaired) electrons. The fraction of sp³-hybridized carbons (Fsp3) is 0.625. The van der Waals surface area contributed by atoms with E-state index in [4.69, 9.17) is 15.2 Å². The van der Waals surface area contributed by atoms with Gasteiger partial charge in [-0.3, -0.25) is 0 Å². The predicted molar refractivity (Wildman–Crippen MR) is 77.7 cm³/mol. The predicted octanol–water partition coefficient (Wildman–Crippen LogP) is 3.46. The third-order valence-corrected chi connectivity index (χ3v) is 4.33. The van der Waals surface area contributed by atoms with E-state index in [-0.39, 0.29) is 5.54 Å². The van der Waals surface area contributed by atoms with Crippen LogP contribution in [-0.2, 0) is 5.54 Å². The fourth-order valence-electron chi connectivity index (χ4n) is 2.92. The van der Waals surface area contributed by atoms with Crippen molar-refractivity contribution in [2.75, 3.05) is 14.2 Å². The van der Waals surface area contributed by atoms with Gasteiger partial charge in [0.25, 0.3) is 0 Å². The van der Waals surface area contributed by atoms with E-state index in [2.05, 4.69) is 19.1 Å². The minimum Gasteiger partial charge on any atom is -0.497 e. The number of hydrogen-bond donors (Lipinski definition) is 1. The highest BCUT2D eigenvalue weighted by Crippen LogP contribution is 2.38. The lowest BCUT2D eigenvalue weighted by atomic mass is 9.83. The fourth-order valence-corrected chi connectivity index (χ4v) is 2.92. The SMILES string of the molecule is COc1cc(OC)cc(C2(N)CCCC(C)CC2)c1. The van der Waals surface area contributed by atoms with E-state index in [0.717, 1.165) is 35.8 Å². The quantitative estimate of drug-likeness (QED) is 0.849. The third-order valence-electron chi connectivity index (χ3n) is 4.33. The minimum atomic E-state index is -0.243. The molecule has 2 unspecified atom stereocenters. The summed E-state index contributed by atoms with van der Waals surface area (Å²) in [4.78, 5) is 0. The van der Waals surface area contributed by atoms with Gasteiger partial charge < -0.3 is 15.2 Å². The molecule has 0 saturated heterocycles. The van der Waals surface area contributed by atoms with Gasteiger partial charge in [0.15, 0.2) is 0 Å². The Morgan fingerprint density at radius 3 is 2.26 bits per heavy atom. The summed E-state index contributed by atoms with van der Waals surface area (Å²) in [7, 11) is 3.35. The molecule has 2 atom stereocenters. The molecule has 1 aliphatic carbocycles. The molecule has 1 fully saturated rings. The molecule has 0 spiro atoms. The number of hydrogen-bond acceptors (Lipinski definition) is 3. The van der Waals surface area contributed by atoms with E-state index in [1.807, 2.05) is 6.07 Å². The van der Waals surface area contributed by atoms with Crippen LogP contribution >= 0.6 is 0 Å². The van der Waals surface area contributed by atoms with Gasteiger partial charge in [0.05, 0.1) is 14.2 Å². The van der Waals surface area contributed by atoms with Crippen LogP contribution in [0.1, 0.15) is 44.6 Å². The van der Waals surface area contributed by atoms with Gasteiger partial charge in [0.2, 0.25) is 0 Å². The van der Waals surface area contributed by atoms with Crippen molar-refractivity contribution in [2.45, 2.75) is 44.6 Å². The molecule has 2 rings (SSSR count). The Labute approximate surface area is 116 Å². The molecule has 19 heavy (non-hydrogen) atoms. The molecule has 3 nitrogen and oxygen atoms in total. The van der Waals surface area contributed by atoms with Crippen LogP contribution in [-0.4, -0.2) is 14.2 Å². The second-order valence-corrected chi connectivity index (χ2v) is 5.79. The van der Waals surface area contributed by atoms with Crippen LogP contribution in [0.4, 0.5) is 0 Å². The highest BCUT2D eigenvalue weighted by atomic mass is 16.5. The summed E-state index contributed by atoms with van der Waals surface area (Å²) in [5, 5.41) is 0. The Morgan fingerprint density at radius 2 is 1.68 bits per heavy atom. The lowest BCUT2D eigenvalue weighted by molar-refractivity contribution is 0.363. The maximum Gasteiger partial charge on any atom is 0.122 e. The average molecular weight is 263 g/mol. The summed E-state index contributed by atoms with van der Waals surface area (Å²) < 4.78 is 10.7. The molecule has 2 N–H and O–H groups in total. The lowest BCUT2D eigenvalue weighted by Gasteiger charge is -2.29. The molecule has 106 valence electrons. The number of methoxy groups -OCH3 is 2. The highest BCUT2D eigenvalue weighted by molar-refractivity contribution is 5.41. The van der Waals surface area contributed by atoms with Gasteiger partial charge in [-0.25, -0.2) is 0 Å². The van der Waals surface area contributed by atoms with Crippen molar-refractivity contribution >= 4 is 0 Å². The number of benzene rings is 1. The zero-order valence-electron chi connectivity index (χ0n) is 12.2. The van der Waals surface area contributed by atoms with Gasteiger partial charge in [-0.15, -0.1) is 0 Å². The Morgan fingerprint density at radius 1 is 1.05 bits per heavy atom. The molecular formula is C16H25NO2. The van der Waals surface area contributed by atoms with Crippen molar-refractivity contribution in [3.8, 4) is 11.5 Å². The van der Waals surface area contributed by atoms with Crippen LogP contribution in [0.25, 0.3) is 0 Å². The molecule has 0 amide bonds. The summed E-state index contributed by atoms with van der Waals surface area (Å²) in [6, 6.07) is 6.00. The van der Waals surface area contributed by atoms with Crippen molar-refractivity contribution in [2.24, 2.45) is 11.7 Å². The number of rotatable bonds is 3. The van der Waals surface area contributed by atoms with Crippen LogP contribution < -0.4 is 15.2 Å². The first-order valence-corrected chi connectivity index (χ1v) is 7.10. The summed E-state index contributed by atoms with van der Waals surface area (Å²) in [5.74, 6) is 2.41. The third kappa shape index (κ3) is 3.21. The molecule has 0 bridgehead atoms. The average Bonchev–Trinajstić information content (AvgIpc) is 2.61. The van der Waals surface area contributed by atoms with Crippen LogP contribution in [0.5, 0.6) is 11.5 Å². The van der Waals surface area contributed by atoms with Crippen molar-refractivity contribution < 1.29 is 9.47 Å². The standard InChI is InChI=1S/C16H25NO2/c1-12-5-4-7-16(17,8-6-12)13-9-14(18-2)11-15(10-13)19-3/h9-12H,4-8,17H2,1-3H3. The zero-order valence-corrected chi connectivity index (χ0v) is 12.2. The topological polar surface area (TPSA) is 44.5 Å². The van der Waals surface area contributed by atoms with Gasteiger partial charge in [-0.1, -0.05) is 19.8 Å². The Balaban J connectivity index is 2.32. The largest absolute Gasteiger partial charge is 0.497 e. The van der Waals surface area contributed by atoms with Gasteiger partial charge in [-0.2, -0.15) is 0 Å². The monoisotopic (exact) mass is 263 g/mol. The molecule has 1 saturated carbocycles. The molecule has 0 aromatic heterocycles. The van der Waals surface area contributed by atoms with Gasteiger partial charge in [0, 0.05) is 11.6 Å². The van der Waals surface area contributed by atoms with E-state index < -0.39 is 0 Å². The second kappa shape index (κ2) is 5.83. The highest BCUT2D eigenvalue weighted by Gasteiger charge is 2.30. The smallest absolute Gasteiger partial charge is 0.122 e. The van der Waals surface area contributed by atoms with Crippen molar-refractivity contribution in [1.82, 2.24) is 0 Å². The second-order valence-electron chi connectivity index (χ2n) is 5.79.